The van der Waals surface area contributed by atoms with E-state index < -0.39 is 17.9 Å². The molecule has 4 aliphatic heterocycles. The molecule has 1 unspecified atom stereocenters. The summed E-state index contributed by atoms with van der Waals surface area (Å²) >= 11 is 0. The van der Waals surface area contributed by atoms with E-state index >= 15 is 8.78 Å². The van der Waals surface area contributed by atoms with Crippen LogP contribution in [0, 0.1) is 6.92 Å². The molecule has 12 heteroatoms. The Morgan fingerprint density at radius 3 is 2.52 bits per heavy atom. The van der Waals surface area contributed by atoms with E-state index in [1.165, 1.54) is 0 Å². The van der Waals surface area contributed by atoms with Gasteiger partial charge in [-0.05, 0) is 92.7 Å². The summed E-state index contributed by atoms with van der Waals surface area (Å²) in [4.78, 5) is 38.8. The molecule has 4 aliphatic rings. The number of carbonyl (C=O) groups is 2. The number of imide groups is 1. The van der Waals surface area contributed by atoms with Crippen LogP contribution in [0.25, 0.3) is 0 Å². The van der Waals surface area contributed by atoms with Crippen molar-refractivity contribution in [3.63, 3.8) is 0 Å². The van der Waals surface area contributed by atoms with Gasteiger partial charge in [-0.15, -0.1) is 0 Å². The van der Waals surface area contributed by atoms with Crippen LogP contribution in [0.5, 0.6) is 0 Å². The number of carbonyl (C=O) groups excluding carboxylic acids is 2. The number of piperidine rings is 2. The smallest absolute Gasteiger partial charge is 0.328 e. The van der Waals surface area contributed by atoms with Gasteiger partial charge in [0.05, 0.1) is 18.2 Å². The molecule has 0 spiro atoms. The average Bonchev–Trinajstić information content (AvgIpc) is 3.05. The van der Waals surface area contributed by atoms with Crippen LogP contribution in [0.2, 0.25) is 0 Å². The first kappa shape index (κ1) is 30.5. The molecule has 3 saturated heterocycles. The molecule has 1 atom stereocenters. The first-order valence-corrected chi connectivity index (χ1v) is 16.2. The van der Waals surface area contributed by atoms with Crippen molar-refractivity contribution in [3.8, 4) is 0 Å². The highest BCUT2D eigenvalue weighted by Crippen LogP contribution is 2.42. The summed E-state index contributed by atoms with van der Waals surface area (Å²) in [5, 5.41) is 8.91. The fourth-order valence-electron chi connectivity index (χ4n) is 7.33. The summed E-state index contributed by atoms with van der Waals surface area (Å²) in [6.07, 6.45) is 5.11. The summed E-state index contributed by atoms with van der Waals surface area (Å²) in [6.45, 7) is 5.97. The third-order valence-corrected chi connectivity index (χ3v) is 9.89. The van der Waals surface area contributed by atoms with Crippen molar-refractivity contribution in [1.82, 2.24) is 25.5 Å². The van der Waals surface area contributed by atoms with Crippen molar-refractivity contribution < 1.29 is 18.4 Å². The molecule has 3 N–H and O–H groups in total. The van der Waals surface area contributed by atoms with Gasteiger partial charge in [-0.25, -0.2) is 23.5 Å². The monoisotopic (exact) mass is 630 g/mol. The Hall–Kier alpha value is -4.16. The van der Waals surface area contributed by atoms with Crippen molar-refractivity contribution in [1.29, 1.82) is 0 Å². The number of hydrogen-bond donors (Lipinski definition) is 3. The Morgan fingerprint density at radius 1 is 0.978 bits per heavy atom. The normalized spacial score (nSPS) is 22.4. The third kappa shape index (κ3) is 6.28. The van der Waals surface area contributed by atoms with E-state index in [9.17, 15) is 9.59 Å². The molecule has 242 valence electrons. The summed E-state index contributed by atoms with van der Waals surface area (Å²) in [5.41, 5.74) is 6.40. The van der Waals surface area contributed by atoms with Crippen LogP contribution in [-0.2, 0) is 17.8 Å². The number of aryl methyl sites for hydroxylation is 1. The lowest BCUT2D eigenvalue weighted by Gasteiger charge is -2.45. The van der Waals surface area contributed by atoms with Crippen molar-refractivity contribution >= 4 is 34.9 Å². The summed E-state index contributed by atoms with van der Waals surface area (Å²) < 4.78 is 31.3. The molecule has 3 aromatic rings. The van der Waals surface area contributed by atoms with Gasteiger partial charge in [0.25, 0.3) is 5.92 Å². The molecule has 0 aliphatic carbocycles. The van der Waals surface area contributed by atoms with E-state index in [1.54, 1.807) is 17.0 Å². The third-order valence-electron chi connectivity index (χ3n) is 9.89. The quantitative estimate of drug-likeness (QED) is 0.360. The molecule has 7 rings (SSSR count). The van der Waals surface area contributed by atoms with Gasteiger partial charge in [-0.3, -0.25) is 19.9 Å². The fraction of sp³-hybridized carbons (Fsp3) is 0.471. The van der Waals surface area contributed by atoms with Crippen LogP contribution in [0.1, 0.15) is 54.0 Å². The Kier molecular flexibility index (Phi) is 8.33. The Balaban J connectivity index is 0.930. The maximum absolute atomic E-state index is 15.6. The predicted octanol–water partition coefficient (Wildman–Crippen LogP) is 4.71. The highest BCUT2D eigenvalue weighted by molar-refractivity contribution is 6.06. The lowest BCUT2D eigenvalue weighted by atomic mass is 9.85. The number of aromatic nitrogens is 2. The van der Waals surface area contributed by atoms with Gasteiger partial charge >= 0.3 is 6.03 Å². The van der Waals surface area contributed by atoms with Crippen LogP contribution in [0.15, 0.2) is 48.7 Å². The molecular weight excluding hydrogens is 590 g/mol. The average molecular weight is 631 g/mol. The van der Waals surface area contributed by atoms with E-state index in [-0.39, 0.29) is 24.9 Å². The highest BCUT2D eigenvalue weighted by Gasteiger charge is 2.47. The van der Waals surface area contributed by atoms with E-state index in [4.69, 9.17) is 0 Å². The van der Waals surface area contributed by atoms with Gasteiger partial charge in [0.15, 0.2) is 0 Å². The highest BCUT2D eigenvalue weighted by atomic mass is 19.3. The topological polar surface area (TPSA) is 106 Å². The van der Waals surface area contributed by atoms with E-state index in [0.29, 0.717) is 31.0 Å². The largest absolute Gasteiger partial charge is 0.371 e. The van der Waals surface area contributed by atoms with Crippen molar-refractivity contribution in [2.45, 2.75) is 63.5 Å². The molecule has 46 heavy (non-hydrogen) atoms. The molecule has 2 aromatic carbocycles. The first-order chi connectivity index (χ1) is 22.2. The zero-order valence-corrected chi connectivity index (χ0v) is 26.1. The number of fused-ring (bicyclic) bond motifs is 1. The van der Waals surface area contributed by atoms with Gasteiger partial charge < -0.3 is 15.5 Å². The van der Waals surface area contributed by atoms with Crippen LogP contribution in [-0.4, -0.2) is 78.0 Å². The fourth-order valence-corrected chi connectivity index (χ4v) is 7.33. The predicted molar refractivity (Wildman–Crippen MR) is 173 cm³/mol. The first-order valence-electron chi connectivity index (χ1n) is 16.2. The Labute approximate surface area is 267 Å². The minimum Gasteiger partial charge on any atom is -0.371 e. The summed E-state index contributed by atoms with van der Waals surface area (Å²) in [5.74, 6) is -3.38. The lowest BCUT2D eigenvalue weighted by molar-refractivity contribution is -0.120. The number of anilines is 4. The van der Waals surface area contributed by atoms with Gasteiger partial charge in [0, 0.05) is 61.9 Å². The van der Waals surface area contributed by atoms with Crippen LogP contribution >= 0.6 is 0 Å². The molecule has 10 nitrogen and oxygen atoms in total. The number of alkyl halides is 2. The molecule has 3 fully saturated rings. The molecular formula is C34H40F2N8O2. The van der Waals surface area contributed by atoms with Gasteiger partial charge in [-0.1, -0.05) is 12.1 Å². The maximum Gasteiger partial charge on any atom is 0.328 e. The second kappa shape index (κ2) is 12.6. The number of nitrogens with zero attached hydrogens (tertiary/aromatic N) is 5. The number of halogens is 2. The Bertz CT molecular complexity index is 1610. The van der Waals surface area contributed by atoms with Crippen molar-refractivity contribution in [3.05, 3.63) is 71.0 Å². The molecule has 3 amide bonds. The lowest BCUT2D eigenvalue weighted by Crippen LogP contribution is -2.54. The number of likely N-dealkylation sites (tertiary alicyclic amines) is 1. The van der Waals surface area contributed by atoms with Gasteiger partial charge in [-0.2, -0.15) is 0 Å². The van der Waals surface area contributed by atoms with Crippen LogP contribution < -0.4 is 25.8 Å². The van der Waals surface area contributed by atoms with Gasteiger partial charge in [0.2, 0.25) is 11.9 Å². The number of urea groups is 1. The number of nitrogens with one attached hydrogen (secondary N) is 3. The minimum absolute atomic E-state index is 0.122. The van der Waals surface area contributed by atoms with Crippen LogP contribution in [0.4, 0.5) is 36.6 Å². The minimum atomic E-state index is -2.82. The number of rotatable bonds is 6. The zero-order chi connectivity index (χ0) is 31.8. The van der Waals surface area contributed by atoms with E-state index in [1.807, 2.05) is 42.3 Å². The molecule has 0 saturated carbocycles. The second-order valence-corrected chi connectivity index (χ2v) is 12.9. The van der Waals surface area contributed by atoms with Crippen LogP contribution in [0.3, 0.4) is 0 Å². The summed E-state index contributed by atoms with van der Waals surface area (Å²) in [7, 11) is 0. The van der Waals surface area contributed by atoms with Gasteiger partial charge in [0.1, 0.15) is 0 Å². The number of hydrogen-bond acceptors (Lipinski definition) is 8. The molecule has 0 radical (unpaired) electrons. The second-order valence-electron chi connectivity index (χ2n) is 12.9. The number of amides is 3. The number of benzene rings is 2. The van der Waals surface area contributed by atoms with E-state index in [0.717, 1.165) is 79.3 Å². The summed E-state index contributed by atoms with van der Waals surface area (Å²) in [6, 6.07) is 13.0. The van der Waals surface area contributed by atoms with Crippen molar-refractivity contribution in [2.75, 3.05) is 54.4 Å². The zero-order valence-electron chi connectivity index (χ0n) is 26.1. The molecule has 0 bridgehead atoms. The molecule has 1 aromatic heterocycles. The molecule has 5 heterocycles. The maximum atomic E-state index is 15.6. The standard InChI is InChI=1S/C34H40F2N8O2/c1-22-18-27(6-7-30(22)44-17-12-31(45)41-33(44)46)42-14-9-26(10-15-42)43-16-11-28(34(35,36)21-43)23-2-4-25(5-3-23)39-32-38-19-24-8-13-37-20-29(24)40-32/h2-7,18-19,26,28,37H,8-17,20-21H2,1H3,(H,38,39,40)(H,41,45,46). The SMILES string of the molecule is Cc1cc(N2CCC(N3CCC(c4ccc(Nc5ncc6c(n5)CNCC6)cc4)C(F)(F)C3)CC2)ccc1N1CCC(=O)NC1=O. The van der Waals surface area contributed by atoms with Crippen molar-refractivity contribution in [2.24, 2.45) is 0 Å². The van der Waals surface area contributed by atoms with E-state index in [2.05, 4.69) is 36.9 Å². The Morgan fingerprint density at radius 2 is 1.78 bits per heavy atom.